The van der Waals surface area contributed by atoms with Gasteiger partial charge in [-0.2, -0.15) is 0 Å². The van der Waals surface area contributed by atoms with Crippen LogP contribution in [0.5, 0.6) is 5.75 Å². The molecule has 32 nitrogen and oxygen atoms in total. The number of ether oxygens (including phenoxy) is 6. The highest BCUT2D eigenvalue weighted by molar-refractivity contribution is 5.83. The average molecular weight is 1290 g/mol. The van der Waals surface area contributed by atoms with Crippen molar-refractivity contribution in [3.8, 4) is 17.1 Å². The molecule has 1 aliphatic carbocycles. The van der Waals surface area contributed by atoms with Gasteiger partial charge in [-0.1, -0.05) is 41.3 Å². The fraction of sp³-hybridized carbons (Fsp3) is 0.683. The number of hydrogen-bond donors (Lipinski definition) is 14. The number of hydrogen-bond acceptors (Lipinski definition) is 28. The van der Waals surface area contributed by atoms with Crippen LogP contribution in [0.4, 0.5) is 5.69 Å². The van der Waals surface area contributed by atoms with E-state index in [1.54, 1.807) is 6.20 Å². The number of aromatic nitrogens is 11. The molecule has 508 valence electrons. The van der Waals surface area contributed by atoms with Crippen LogP contribution in [-0.2, 0) is 62.8 Å². The zero-order valence-electron chi connectivity index (χ0n) is 52.1. The van der Waals surface area contributed by atoms with Crippen molar-refractivity contribution < 1.29 is 64.2 Å². The van der Waals surface area contributed by atoms with Crippen LogP contribution < -0.4 is 44.0 Å². The van der Waals surface area contributed by atoms with Crippen LogP contribution in [0.25, 0.3) is 22.4 Å². The van der Waals surface area contributed by atoms with Crippen molar-refractivity contribution in [3.63, 3.8) is 0 Å². The molecule has 3 saturated heterocycles. The highest BCUT2D eigenvalue weighted by Crippen LogP contribution is 2.35. The number of fused-ring (bicyclic) bond motifs is 1. The molecule has 32 heteroatoms. The van der Waals surface area contributed by atoms with Crippen molar-refractivity contribution in [2.24, 2.45) is 34.4 Å². The number of H-pyrrole nitrogens is 1. The number of nitrogens with two attached hydrogens (primary N) is 6. The number of aromatic amines is 1. The summed E-state index contributed by atoms with van der Waals surface area (Å²) in [7, 11) is 2.16. The number of benzene rings is 2. The maximum Gasteiger partial charge on any atom is 0.187 e. The van der Waals surface area contributed by atoms with E-state index in [4.69, 9.17) is 67.8 Å². The van der Waals surface area contributed by atoms with Crippen molar-refractivity contribution in [1.29, 1.82) is 0 Å². The van der Waals surface area contributed by atoms with Gasteiger partial charge in [-0.3, -0.25) is 9.36 Å². The van der Waals surface area contributed by atoms with Crippen molar-refractivity contribution in [1.82, 2.24) is 59.8 Å². The van der Waals surface area contributed by atoms with Crippen LogP contribution in [0.2, 0.25) is 0 Å². The molecule has 18 atom stereocenters. The van der Waals surface area contributed by atoms with Crippen LogP contribution in [-0.4, -0.2) is 252 Å². The molecule has 4 fully saturated rings. The molecule has 92 heavy (non-hydrogen) atoms. The second-order valence-electron chi connectivity index (χ2n) is 24.9. The predicted molar refractivity (Wildman–Crippen MR) is 333 cm³/mol. The standard InChI is InChI=1S/C60H95N19O13/c1-75-22-24-76(25-23-75)38-14-17-42-43(26-38)68-57(67-42)34-12-15-39(16-13-34)87-33-37-31-78(73-71-37)21-9-5-3-2-4-8-20-77-29-35(69-72-77)10-6-7-11-36-30-79(74-70-36)32-46-55(90-58(86)47(65)50(82)44(80)18-19-61)53(85)60(89-46)92-56-49(81)40(63)27-41(64)54(56)91-59-48(66)52(84)51(83)45(28-62)88-59/h12-17,26,29-31,40-41,44-56,58-60,80-86H,2-11,18-25,27-28,32-33,61-66H2,1H3,(H,67,68)/t40-,41?,44-,45?,46?,47?,48?,49-,50?,51-,52-,53+,54-,55+,56?,58-,59-,60?/m1/s1. The van der Waals surface area contributed by atoms with Gasteiger partial charge in [0.1, 0.15) is 72.7 Å². The molecule has 0 spiro atoms. The van der Waals surface area contributed by atoms with E-state index in [0.717, 1.165) is 137 Å². The quantitative estimate of drug-likeness (QED) is 0.0145. The maximum atomic E-state index is 11.8. The largest absolute Gasteiger partial charge is 0.487 e. The Hall–Kier alpha value is -5.83. The molecule has 8 unspecified atom stereocenters. The molecule has 2 aromatic carbocycles. The Labute approximate surface area is 533 Å². The number of unbranched alkanes of at least 4 members (excludes halogenated alkanes) is 6. The van der Waals surface area contributed by atoms with Crippen molar-refractivity contribution in [2.45, 2.75) is 213 Å². The molecule has 10 rings (SSSR count). The van der Waals surface area contributed by atoms with Gasteiger partial charge in [-0.15, -0.1) is 15.3 Å². The molecule has 4 aromatic heterocycles. The Bertz CT molecular complexity index is 3170. The number of aryl methyl sites for hydroxylation is 4. The highest BCUT2D eigenvalue weighted by atomic mass is 16.7. The van der Waals surface area contributed by atoms with Gasteiger partial charge < -0.3 is 113 Å². The number of aliphatic hydroxyl groups is 7. The number of rotatable bonds is 33. The molecule has 7 heterocycles. The molecule has 0 bridgehead atoms. The fourth-order valence-corrected chi connectivity index (χ4v) is 12.3. The van der Waals surface area contributed by atoms with Crippen LogP contribution in [0, 0.1) is 0 Å². The summed E-state index contributed by atoms with van der Waals surface area (Å²) >= 11 is 0. The van der Waals surface area contributed by atoms with E-state index in [1.165, 1.54) is 10.4 Å². The molecule has 3 aliphatic heterocycles. The summed E-state index contributed by atoms with van der Waals surface area (Å²) < 4.78 is 41.7. The number of anilines is 1. The number of imidazole rings is 1. The van der Waals surface area contributed by atoms with Gasteiger partial charge in [0.05, 0.1) is 65.6 Å². The number of aliphatic hydroxyl groups excluding tert-OH is 7. The van der Waals surface area contributed by atoms with Gasteiger partial charge in [-0.05, 0) is 107 Å². The van der Waals surface area contributed by atoms with Gasteiger partial charge >= 0.3 is 0 Å². The number of nitrogens with zero attached hydrogens (tertiary/aromatic N) is 12. The topological polar surface area (TPSA) is 480 Å². The fourth-order valence-electron chi connectivity index (χ4n) is 12.3. The van der Waals surface area contributed by atoms with E-state index in [-0.39, 0.29) is 32.5 Å². The van der Waals surface area contributed by atoms with Gasteiger partial charge in [0, 0.05) is 81.5 Å². The van der Waals surface area contributed by atoms with Crippen molar-refractivity contribution in [3.05, 3.63) is 78.1 Å². The summed E-state index contributed by atoms with van der Waals surface area (Å²) in [5.41, 5.74) is 43.0. The Morgan fingerprint density at radius 2 is 1.28 bits per heavy atom. The first-order chi connectivity index (χ1) is 44.4. The number of likely N-dealkylation sites (N-methyl/N-ethyl adjacent to an activating group) is 1. The lowest BCUT2D eigenvalue weighted by Crippen LogP contribution is -2.68. The van der Waals surface area contributed by atoms with Gasteiger partial charge in [0.2, 0.25) is 0 Å². The second-order valence-corrected chi connectivity index (χ2v) is 24.9. The van der Waals surface area contributed by atoms with Gasteiger partial charge in [0.25, 0.3) is 0 Å². The van der Waals surface area contributed by atoms with E-state index in [2.05, 4.69) is 71.0 Å². The SMILES string of the molecule is CN1CCN(c2ccc3nc(-c4ccc(OCc5cn(CCCCCCCCn6cc(CCCCc7cn(CC8OC(OC9[C@H](O[C@H]%10OC(CN)[C@@H](O)[C@H](O)C%10N)C(N)C[C@@H](N)[C@H]9O)[C@@H](O)[C@H]8O[C@@H](O)C(N)C(O)[C@H](O)CCN)nn7)nn6)nn5)cc4)[nH]c3c2)CC1. The second kappa shape index (κ2) is 32.5. The lowest BCUT2D eigenvalue weighted by molar-refractivity contribution is -0.306. The first-order valence-electron chi connectivity index (χ1n) is 32.2. The molecular weight excluding hydrogens is 1190 g/mol. The zero-order chi connectivity index (χ0) is 65.0. The first-order valence-corrected chi connectivity index (χ1v) is 32.2. The van der Waals surface area contributed by atoms with Crippen LogP contribution in [0.15, 0.2) is 61.1 Å². The monoisotopic (exact) mass is 1290 g/mol. The van der Waals surface area contributed by atoms with E-state index in [9.17, 15) is 35.7 Å². The van der Waals surface area contributed by atoms with Crippen LogP contribution >= 0.6 is 0 Å². The summed E-state index contributed by atoms with van der Waals surface area (Å²) in [5, 5.41) is 103. The third kappa shape index (κ3) is 17.5. The lowest BCUT2D eigenvalue weighted by atomic mass is 9.84. The molecule has 1 saturated carbocycles. The Balaban J connectivity index is 0.623. The molecule has 6 aromatic rings. The number of nitrogens with one attached hydrogen (secondary N) is 1. The minimum absolute atomic E-state index is 0.0206. The lowest BCUT2D eigenvalue weighted by Gasteiger charge is -2.47. The van der Waals surface area contributed by atoms with Crippen molar-refractivity contribution >= 4 is 16.7 Å². The average Bonchev–Trinajstić information content (AvgIpc) is 1.36. The van der Waals surface area contributed by atoms with E-state index >= 15 is 0 Å². The third-order valence-electron chi connectivity index (χ3n) is 17.9. The maximum absolute atomic E-state index is 11.8. The number of piperazine rings is 1. The molecule has 0 radical (unpaired) electrons. The minimum atomic E-state index is -1.95. The molecular formula is C60H95N19O13. The first kappa shape index (κ1) is 69.0. The summed E-state index contributed by atoms with van der Waals surface area (Å²) in [6.07, 6.45) is -5.22. The summed E-state index contributed by atoms with van der Waals surface area (Å²) in [5.74, 6) is 1.57. The summed E-state index contributed by atoms with van der Waals surface area (Å²) in [6, 6.07) is 9.74. The Kier molecular flexibility index (Phi) is 24.4. The van der Waals surface area contributed by atoms with Crippen LogP contribution in [0.1, 0.15) is 81.3 Å². The Morgan fingerprint density at radius 1 is 0.663 bits per heavy atom. The van der Waals surface area contributed by atoms with E-state index in [0.29, 0.717) is 18.7 Å². The Morgan fingerprint density at radius 3 is 1.96 bits per heavy atom. The minimum Gasteiger partial charge on any atom is -0.487 e. The summed E-state index contributed by atoms with van der Waals surface area (Å²) in [6.45, 7) is 5.81. The van der Waals surface area contributed by atoms with Crippen LogP contribution in [0.3, 0.4) is 0 Å². The van der Waals surface area contributed by atoms with Gasteiger partial charge in [0.15, 0.2) is 18.9 Å². The molecule has 20 N–H and O–H groups in total. The van der Waals surface area contributed by atoms with Crippen molar-refractivity contribution in [2.75, 3.05) is 51.2 Å². The third-order valence-corrected chi connectivity index (χ3v) is 17.9. The van der Waals surface area contributed by atoms with E-state index < -0.39 is 110 Å². The predicted octanol–water partition coefficient (Wildman–Crippen LogP) is -2.95. The summed E-state index contributed by atoms with van der Waals surface area (Å²) in [4.78, 5) is 13.1. The molecule has 4 aliphatic rings. The normalized spacial score (nSPS) is 28.7. The van der Waals surface area contributed by atoms with E-state index in [1.807, 2.05) is 46.0 Å². The van der Waals surface area contributed by atoms with Gasteiger partial charge in [-0.25, -0.2) is 9.67 Å². The molecule has 0 amide bonds. The zero-order valence-corrected chi connectivity index (χ0v) is 52.1. The highest BCUT2D eigenvalue weighted by Gasteiger charge is 2.54. The smallest absolute Gasteiger partial charge is 0.187 e.